The SMILES string of the molecule is CC1CCC(O)(c2ccc(Cl)cc2)CC1=O. The summed E-state index contributed by atoms with van der Waals surface area (Å²) in [5.41, 5.74) is -0.203. The molecular weight excluding hydrogens is 224 g/mol. The molecule has 0 amide bonds. The minimum Gasteiger partial charge on any atom is -0.385 e. The molecule has 1 aromatic carbocycles. The third-order valence-corrected chi connectivity index (χ3v) is 3.64. The van der Waals surface area contributed by atoms with E-state index in [4.69, 9.17) is 11.6 Å². The first-order valence-corrected chi connectivity index (χ1v) is 5.90. The van der Waals surface area contributed by atoms with Crippen molar-refractivity contribution >= 4 is 17.4 Å². The topological polar surface area (TPSA) is 37.3 Å². The van der Waals surface area contributed by atoms with Crippen molar-refractivity contribution in [2.75, 3.05) is 0 Å². The van der Waals surface area contributed by atoms with Gasteiger partial charge in [-0.3, -0.25) is 4.79 Å². The molecule has 1 aliphatic rings. The Labute approximate surface area is 100 Å². The molecule has 1 N–H and O–H groups in total. The van der Waals surface area contributed by atoms with Crippen LogP contribution in [0, 0.1) is 5.92 Å². The summed E-state index contributed by atoms with van der Waals surface area (Å²) in [5, 5.41) is 11.1. The molecule has 1 saturated carbocycles. The minimum atomic E-state index is -0.992. The monoisotopic (exact) mass is 238 g/mol. The molecule has 2 unspecified atom stereocenters. The van der Waals surface area contributed by atoms with Crippen molar-refractivity contribution in [1.29, 1.82) is 0 Å². The molecule has 1 fully saturated rings. The van der Waals surface area contributed by atoms with E-state index in [1.165, 1.54) is 0 Å². The summed E-state index contributed by atoms with van der Waals surface area (Å²) in [6.07, 6.45) is 1.61. The number of rotatable bonds is 1. The molecule has 1 aromatic rings. The zero-order chi connectivity index (χ0) is 11.8. The van der Waals surface area contributed by atoms with Crippen LogP contribution in [0.15, 0.2) is 24.3 Å². The van der Waals surface area contributed by atoms with Crippen LogP contribution in [0.1, 0.15) is 31.7 Å². The Balaban J connectivity index is 2.25. The highest BCUT2D eigenvalue weighted by atomic mass is 35.5. The van der Waals surface area contributed by atoms with E-state index in [1.807, 2.05) is 6.92 Å². The van der Waals surface area contributed by atoms with Crippen LogP contribution in [-0.2, 0) is 10.4 Å². The number of hydrogen-bond donors (Lipinski definition) is 1. The fourth-order valence-corrected chi connectivity index (χ4v) is 2.30. The van der Waals surface area contributed by atoms with Crippen molar-refractivity contribution in [3.05, 3.63) is 34.9 Å². The zero-order valence-electron chi connectivity index (χ0n) is 9.24. The number of ketones is 1. The number of carbonyl (C=O) groups excluding carboxylic acids is 1. The van der Waals surface area contributed by atoms with Crippen LogP contribution in [-0.4, -0.2) is 10.9 Å². The van der Waals surface area contributed by atoms with Gasteiger partial charge < -0.3 is 5.11 Å². The van der Waals surface area contributed by atoms with Gasteiger partial charge in [-0.1, -0.05) is 30.7 Å². The predicted octanol–water partition coefficient (Wildman–Crippen LogP) is 2.92. The van der Waals surface area contributed by atoms with Gasteiger partial charge in [-0.05, 0) is 30.5 Å². The minimum absolute atomic E-state index is 0.0765. The highest BCUT2D eigenvalue weighted by molar-refractivity contribution is 6.30. The summed E-state index contributed by atoms with van der Waals surface area (Å²) in [4.78, 5) is 11.7. The molecule has 0 aromatic heterocycles. The van der Waals surface area contributed by atoms with Crippen LogP contribution in [0.4, 0.5) is 0 Å². The Bertz CT molecular complexity index is 399. The molecule has 0 saturated heterocycles. The van der Waals surface area contributed by atoms with Gasteiger partial charge in [-0.25, -0.2) is 0 Å². The number of aliphatic hydroxyl groups is 1. The zero-order valence-corrected chi connectivity index (χ0v) is 10.00. The summed E-state index contributed by atoms with van der Waals surface area (Å²) in [6, 6.07) is 7.09. The van der Waals surface area contributed by atoms with E-state index in [1.54, 1.807) is 24.3 Å². The van der Waals surface area contributed by atoms with Gasteiger partial charge in [-0.2, -0.15) is 0 Å². The van der Waals surface area contributed by atoms with Gasteiger partial charge in [0.25, 0.3) is 0 Å². The highest BCUT2D eigenvalue weighted by Gasteiger charge is 2.38. The van der Waals surface area contributed by atoms with Crippen molar-refractivity contribution in [2.24, 2.45) is 5.92 Å². The van der Waals surface area contributed by atoms with Gasteiger partial charge in [0.05, 0.1) is 5.60 Å². The summed E-state index contributed by atoms with van der Waals surface area (Å²) in [7, 11) is 0. The molecular formula is C13H15ClO2. The van der Waals surface area contributed by atoms with E-state index in [0.717, 1.165) is 12.0 Å². The van der Waals surface area contributed by atoms with E-state index >= 15 is 0 Å². The molecule has 0 spiro atoms. The van der Waals surface area contributed by atoms with Crippen molar-refractivity contribution in [1.82, 2.24) is 0 Å². The normalized spacial score (nSPS) is 30.4. The quantitative estimate of drug-likeness (QED) is 0.817. The summed E-state index contributed by atoms with van der Waals surface area (Å²) in [5.74, 6) is 0.219. The lowest BCUT2D eigenvalue weighted by Gasteiger charge is -2.34. The standard InChI is InChI=1S/C13H15ClO2/c1-9-6-7-13(16,8-12(9)15)10-2-4-11(14)5-3-10/h2-5,9,16H,6-8H2,1H3. The number of Topliss-reactive ketones (excluding diaryl/α,β-unsaturated/α-hetero) is 1. The fourth-order valence-electron chi connectivity index (χ4n) is 2.17. The van der Waals surface area contributed by atoms with Crippen LogP contribution in [0.2, 0.25) is 5.02 Å². The first kappa shape index (κ1) is 11.6. The maximum atomic E-state index is 11.7. The van der Waals surface area contributed by atoms with Crippen molar-refractivity contribution in [3.8, 4) is 0 Å². The Kier molecular flexibility index (Phi) is 3.04. The van der Waals surface area contributed by atoms with Crippen LogP contribution in [0.5, 0.6) is 0 Å². The maximum absolute atomic E-state index is 11.7. The molecule has 0 radical (unpaired) electrons. The lowest BCUT2D eigenvalue weighted by molar-refractivity contribution is -0.133. The number of hydrogen-bond acceptors (Lipinski definition) is 2. The van der Waals surface area contributed by atoms with E-state index in [0.29, 0.717) is 11.4 Å². The first-order valence-electron chi connectivity index (χ1n) is 5.52. The van der Waals surface area contributed by atoms with Crippen LogP contribution < -0.4 is 0 Å². The molecule has 0 heterocycles. The van der Waals surface area contributed by atoms with Crippen molar-refractivity contribution < 1.29 is 9.90 Å². The molecule has 2 rings (SSSR count). The molecule has 0 aliphatic heterocycles. The molecule has 3 heteroatoms. The Morgan fingerprint density at radius 1 is 1.38 bits per heavy atom. The number of carbonyl (C=O) groups is 1. The van der Waals surface area contributed by atoms with Gasteiger partial charge >= 0.3 is 0 Å². The lowest BCUT2D eigenvalue weighted by atomic mass is 9.75. The third-order valence-electron chi connectivity index (χ3n) is 3.39. The fraction of sp³-hybridized carbons (Fsp3) is 0.462. The molecule has 2 atom stereocenters. The third kappa shape index (κ3) is 2.13. The molecule has 16 heavy (non-hydrogen) atoms. The number of benzene rings is 1. The van der Waals surface area contributed by atoms with E-state index in [-0.39, 0.29) is 18.1 Å². The second-order valence-corrected chi connectivity index (χ2v) is 5.06. The largest absolute Gasteiger partial charge is 0.385 e. The second-order valence-electron chi connectivity index (χ2n) is 4.62. The first-order chi connectivity index (χ1) is 7.51. The van der Waals surface area contributed by atoms with Gasteiger partial charge in [0, 0.05) is 17.4 Å². The Morgan fingerprint density at radius 2 is 2.00 bits per heavy atom. The average Bonchev–Trinajstić information content (AvgIpc) is 2.25. The van der Waals surface area contributed by atoms with E-state index in [2.05, 4.69) is 0 Å². The Hall–Kier alpha value is -0.860. The lowest BCUT2D eigenvalue weighted by Crippen LogP contribution is -2.36. The predicted molar refractivity (Wildman–Crippen MR) is 63.4 cm³/mol. The van der Waals surface area contributed by atoms with Crippen LogP contribution in [0.3, 0.4) is 0 Å². The molecule has 0 bridgehead atoms. The van der Waals surface area contributed by atoms with E-state index < -0.39 is 5.60 Å². The summed E-state index contributed by atoms with van der Waals surface area (Å²) < 4.78 is 0. The smallest absolute Gasteiger partial charge is 0.138 e. The van der Waals surface area contributed by atoms with Crippen LogP contribution in [0.25, 0.3) is 0 Å². The summed E-state index contributed by atoms with van der Waals surface area (Å²) in [6.45, 7) is 1.92. The van der Waals surface area contributed by atoms with Gasteiger partial charge in [0.2, 0.25) is 0 Å². The molecule has 86 valence electrons. The summed E-state index contributed by atoms with van der Waals surface area (Å²) >= 11 is 5.80. The van der Waals surface area contributed by atoms with Gasteiger partial charge in [-0.15, -0.1) is 0 Å². The van der Waals surface area contributed by atoms with Crippen molar-refractivity contribution in [2.45, 2.75) is 31.8 Å². The maximum Gasteiger partial charge on any atom is 0.138 e. The molecule has 1 aliphatic carbocycles. The van der Waals surface area contributed by atoms with Gasteiger partial charge in [0.15, 0.2) is 0 Å². The van der Waals surface area contributed by atoms with E-state index in [9.17, 15) is 9.90 Å². The van der Waals surface area contributed by atoms with Crippen LogP contribution >= 0.6 is 11.6 Å². The average molecular weight is 239 g/mol. The highest BCUT2D eigenvalue weighted by Crippen LogP contribution is 2.37. The Morgan fingerprint density at radius 3 is 2.56 bits per heavy atom. The molecule has 2 nitrogen and oxygen atoms in total. The van der Waals surface area contributed by atoms with Crippen molar-refractivity contribution in [3.63, 3.8) is 0 Å². The second kappa shape index (κ2) is 4.19. The van der Waals surface area contributed by atoms with Gasteiger partial charge in [0.1, 0.15) is 5.78 Å². The number of halogens is 1.